The van der Waals surface area contributed by atoms with Crippen molar-refractivity contribution in [1.82, 2.24) is 0 Å². The minimum absolute atomic E-state index is 0.0464. The Hall–Kier alpha value is -2.30. The minimum Gasteiger partial charge on any atom is -0.508 e. The lowest BCUT2D eigenvalue weighted by molar-refractivity contribution is 0.100. The summed E-state index contributed by atoms with van der Waals surface area (Å²) >= 11 is 0. The zero-order chi connectivity index (χ0) is 11.9. The van der Waals surface area contributed by atoms with Crippen LogP contribution in [-0.2, 0) is 0 Å². The van der Waals surface area contributed by atoms with Gasteiger partial charge in [-0.15, -0.1) is 0 Å². The molecular weight excluding hydrogens is 210 g/mol. The molecule has 0 atom stereocenters. The second kappa shape index (κ2) is 3.37. The largest absolute Gasteiger partial charge is 0.508 e. The van der Waals surface area contributed by atoms with Crippen LogP contribution in [0.2, 0.25) is 0 Å². The van der Waals surface area contributed by atoms with E-state index in [1.165, 1.54) is 25.1 Å². The van der Waals surface area contributed by atoms with Gasteiger partial charge in [0.2, 0.25) is 5.91 Å². The van der Waals surface area contributed by atoms with Crippen LogP contribution < -0.4 is 11.4 Å². The molecule has 82 valence electrons. The van der Waals surface area contributed by atoms with Crippen LogP contribution in [0.3, 0.4) is 0 Å². The van der Waals surface area contributed by atoms with Crippen molar-refractivity contribution in [2.75, 3.05) is 0 Å². The number of hydrogen-bond donors (Lipinski definition) is 2. The van der Waals surface area contributed by atoms with Crippen molar-refractivity contribution in [3.8, 4) is 5.75 Å². The van der Waals surface area contributed by atoms with Crippen LogP contribution >= 0.6 is 0 Å². The number of benzene rings is 1. The van der Waals surface area contributed by atoms with Gasteiger partial charge in [0.25, 0.3) is 0 Å². The van der Waals surface area contributed by atoms with Crippen LogP contribution in [0.1, 0.15) is 15.9 Å². The Morgan fingerprint density at radius 2 is 2.12 bits per heavy atom. The zero-order valence-corrected chi connectivity index (χ0v) is 8.48. The van der Waals surface area contributed by atoms with E-state index < -0.39 is 11.5 Å². The minimum atomic E-state index is -0.693. The third-order valence-electron chi connectivity index (χ3n) is 2.36. The molecule has 0 unspecified atom stereocenters. The summed E-state index contributed by atoms with van der Waals surface area (Å²) in [5.41, 5.74) is 5.02. The van der Waals surface area contributed by atoms with E-state index in [-0.39, 0.29) is 22.5 Å². The van der Waals surface area contributed by atoms with Crippen molar-refractivity contribution < 1.29 is 14.3 Å². The maximum absolute atomic E-state index is 11.4. The molecular formula is C11H9NO4. The predicted molar refractivity (Wildman–Crippen MR) is 57.4 cm³/mol. The van der Waals surface area contributed by atoms with Gasteiger partial charge in [0.15, 0.2) is 0 Å². The number of amides is 1. The van der Waals surface area contributed by atoms with E-state index in [1.54, 1.807) is 0 Å². The van der Waals surface area contributed by atoms with E-state index in [1.807, 2.05) is 0 Å². The number of hydrogen-bond acceptors (Lipinski definition) is 4. The van der Waals surface area contributed by atoms with E-state index >= 15 is 0 Å². The quantitative estimate of drug-likeness (QED) is 0.697. The summed E-state index contributed by atoms with van der Waals surface area (Å²) in [6.07, 6.45) is 0. The number of nitrogens with two attached hydrogens (primary N) is 1. The topological polar surface area (TPSA) is 93.5 Å². The van der Waals surface area contributed by atoms with Crippen molar-refractivity contribution in [3.05, 3.63) is 39.7 Å². The number of aromatic hydroxyl groups is 1. The highest BCUT2D eigenvalue weighted by atomic mass is 16.4. The summed E-state index contributed by atoms with van der Waals surface area (Å²) in [7, 11) is 0. The van der Waals surface area contributed by atoms with Gasteiger partial charge >= 0.3 is 5.63 Å². The summed E-state index contributed by atoms with van der Waals surface area (Å²) in [6, 6.07) is 4.15. The molecule has 0 aliphatic heterocycles. The van der Waals surface area contributed by atoms with Gasteiger partial charge in [-0.05, 0) is 19.1 Å². The fourth-order valence-corrected chi connectivity index (χ4v) is 1.60. The highest BCUT2D eigenvalue weighted by Gasteiger charge is 2.15. The van der Waals surface area contributed by atoms with Crippen molar-refractivity contribution in [2.24, 2.45) is 5.73 Å². The lowest BCUT2D eigenvalue weighted by Crippen LogP contribution is -2.18. The molecule has 5 heteroatoms. The molecule has 5 nitrogen and oxygen atoms in total. The predicted octanol–water partition coefficient (Wildman–Crippen LogP) is 0.906. The van der Waals surface area contributed by atoms with Crippen molar-refractivity contribution in [1.29, 1.82) is 0 Å². The van der Waals surface area contributed by atoms with Gasteiger partial charge < -0.3 is 15.3 Å². The molecule has 1 amide bonds. The third-order valence-corrected chi connectivity index (χ3v) is 2.36. The Labute approximate surface area is 90.1 Å². The molecule has 1 aromatic heterocycles. The van der Waals surface area contributed by atoms with Gasteiger partial charge in [0.1, 0.15) is 11.3 Å². The average molecular weight is 219 g/mol. The second-order valence-corrected chi connectivity index (χ2v) is 3.43. The summed E-state index contributed by atoms with van der Waals surface area (Å²) in [5.74, 6) is -0.740. The first-order valence-electron chi connectivity index (χ1n) is 4.57. The van der Waals surface area contributed by atoms with Gasteiger partial charge in [-0.25, -0.2) is 4.79 Å². The molecule has 16 heavy (non-hydrogen) atoms. The van der Waals surface area contributed by atoms with Gasteiger partial charge in [-0.1, -0.05) is 0 Å². The molecule has 0 fully saturated rings. The normalized spacial score (nSPS) is 10.6. The molecule has 3 N–H and O–H groups in total. The molecule has 0 bridgehead atoms. The van der Waals surface area contributed by atoms with Crippen LogP contribution in [-0.4, -0.2) is 11.0 Å². The summed E-state index contributed by atoms with van der Waals surface area (Å²) in [5, 5.41) is 9.66. The zero-order valence-electron chi connectivity index (χ0n) is 8.48. The van der Waals surface area contributed by atoms with Crippen LogP contribution in [0.4, 0.5) is 0 Å². The van der Waals surface area contributed by atoms with E-state index in [0.717, 1.165) is 0 Å². The number of phenols is 1. The van der Waals surface area contributed by atoms with Gasteiger partial charge in [0, 0.05) is 17.0 Å². The molecule has 0 aliphatic rings. The molecule has 2 aromatic rings. The number of phenolic OH excluding ortho intramolecular Hbond substituents is 1. The molecule has 0 aliphatic carbocycles. The smallest absolute Gasteiger partial charge is 0.339 e. The molecule has 0 radical (unpaired) electrons. The lowest BCUT2D eigenvalue weighted by atomic mass is 10.1. The van der Waals surface area contributed by atoms with Gasteiger partial charge in [-0.3, -0.25) is 4.79 Å². The van der Waals surface area contributed by atoms with Crippen LogP contribution in [0.25, 0.3) is 11.0 Å². The SMILES string of the molecule is Cc1c(C(N)=O)c2ccc(O)cc2oc1=O. The van der Waals surface area contributed by atoms with Gasteiger partial charge in [-0.2, -0.15) is 0 Å². The van der Waals surface area contributed by atoms with Gasteiger partial charge in [0.05, 0.1) is 5.56 Å². The highest BCUT2D eigenvalue weighted by molar-refractivity contribution is 6.06. The molecule has 1 heterocycles. The van der Waals surface area contributed by atoms with Crippen LogP contribution in [0.15, 0.2) is 27.4 Å². The van der Waals surface area contributed by atoms with Crippen molar-refractivity contribution in [2.45, 2.75) is 6.92 Å². The Kier molecular flexibility index (Phi) is 2.16. The standard InChI is InChI=1S/C11H9NO4/c1-5-9(10(12)14)7-3-2-6(13)4-8(7)16-11(5)15/h2-4,13H,1H3,(H2,12,14). The molecule has 2 rings (SSSR count). The molecule has 0 saturated heterocycles. The molecule has 0 saturated carbocycles. The fourth-order valence-electron chi connectivity index (χ4n) is 1.60. The maximum atomic E-state index is 11.4. The van der Waals surface area contributed by atoms with Crippen LogP contribution in [0.5, 0.6) is 5.75 Å². The molecule has 0 spiro atoms. The Morgan fingerprint density at radius 3 is 2.75 bits per heavy atom. The number of carbonyl (C=O) groups excluding carboxylic acids is 1. The monoisotopic (exact) mass is 219 g/mol. The van der Waals surface area contributed by atoms with Crippen LogP contribution in [0, 0.1) is 6.92 Å². The van der Waals surface area contributed by atoms with E-state index in [4.69, 9.17) is 10.2 Å². The maximum Gasteiger partial charge on any atom is 0.339 e. The van der Waals surface area contributed by atoms with Crippen molar-refractivity contribution >= 4 is 16.9 Å². The first kappa shape index (κ1) is 10.2. The van der Waals surface area contributed by atoms with E-state index in [9.17, 15) is 14.7 Å². The second-order valence-electron chi connectivity index (χ2n) is 3.43. The Morgan fingerprint density at radius 1 is 1.44 bits per heavy atom. The Bertz CT molecular complexity index is 642. The molecule has 1 aromatic carbocycles. The summed E-state index contributed by atoms with van der Waals surface area (Å²) < 4.78 is 4.94. The Balaban J connectivity index is 3.00. The third kappa shape index (κ3) is 1.42. The van der Waals surface area contributed by atoms with E-state index in [0.29, 0.717) is 5.39 Å². The van der Waals surface area contributed by atoms with Crippen molar-refractivity contribution in [3.63, 3.8) is 0 Å². The first-order chi connectivity index (χ1) is 7.50. The highest BCUT2D eigenvalue weighted by Crippen LogP contribution is 2.23. The average Bonchev–Trinajstić information content (AvgIpc) is 2.19. The first-order valence-corrected chi connectivity index (χ1v) is 4.57. The summed E-state index contributed by atoms with van der Waals surface area (Å²) in [6.45, 7) is 1.47. The summed E-state index contributed by atoms with van der Waals surface area (Å²) in [4.78, 5) is 22.7. The number of fused-ring (bicyclic) bond motifs is 1. The van der Waals surface area contributed by atoms with E-state index in [2.05, 4.69) is 0 Å². The number of primary amides is 1. The number of carbonyl (C=O) groups is 1. The number of rotatable bonds is 1. The lowest BCUT2D eigenvalue weighted by Gasteiger charge is -2.05. The fraction of sp³-hybridized carbons (Fsp3) is 0.0909.